The van der Waals surface area contributed by atoms with Crippen molar-refractivity contribution in [1.82, 2.24) is 5.32 Å². The molecule has 4 nitrogen and oxygen atoms in total. The Labute approximate surface area is 71.0 Å². The van der Waals surface area contributed by atoms with Gasteiger partial charge in [0.05, 0.1) is 12.5 Å². The highest BCUT2D eigenvalue weighted by molar-refractivity contribution is 5.94. The predicted molar refractivity (Wildman–Crippen MR) is 45.8 cm³/mol. The van der Waals surface area contributed by atoms with Gasteiger partial charge in [0.15, 0.2) is 0 Å². The maximum Gasteiger partial charge on any atom is 0.228 e. The van der Waals surface area contributed by atoms with Gasteiger partial charge >= 0.3 is 0 Å². The van der Waals surface area contributed by atoms with E-state index >= 15 is 0 Å². The van der Waals surface area contributed by atoms with Crippen molar-refractivity contribution in [2.45, 2.75) is 6.42 Å². The zero-order valence-corrected chi connectivity index (χ0v) is 6.73. The van der Waals surface area contributed by atoms with Gasteiger partial charge in [-0.3, -0.25) is 9.79 Å². The summed E-state index contributed by atoms with van der Waals surface area (Å²) < 4.78 is 0. The molecular weight excluding hydrogens is 156 g/mol. The smallest absolute Gasteiger partial charge is 0.228 e. The lowest BCUT2D eigenvalue weighted by molar-refractivity contribution is -0.123. The van der Waals surface area contributed by atoms with Crippen LogP contribution in [0.15, 0.2) is 17.3 Å². The second-order valence-corrected chi connectivity index (χ2v) is 2.54. The molecule has 0 aromatic carbocycles. The first kappa shape index (κ1) is 8.93. The van der Waals surface area contributed by atoms with Crippen molar-refractivity contribution in [3.63, 3.8) is 0 Å². The fourth-order valence-electron chi connectivity index (χ4n) is 0.968. The molecule has 0 bridgehead atoms. The Morgan fingerprint density at radius 3 is 3.17 bits per heavy atom. The van der Waals surface area contributed by atoms with E-state index in [1.165, 1.54) is 0 Å². The van der Waals surface area contributed by atoms with Crippen LogP contribution in [0, 0.1) is 5.92 Å². The van der Waals surface area contributed by atoms with Crippen molar-refractivity contribution in [2.75, 3.05) is 13.2 Å². The molecule has 0 radical (unpaired) electrons. The van der Waals surface area contributed by atoms with E-state index in [4.69, 9.17) is 5.11 Å². The van der Waals surface area contributed by atoms with Gasteiger partial charge < -0.3 is 10.4 Å². The normalized spacial score (nSPS) is 20.9. The number of allylic oxidation sites excluding steroid dienone is 1. The first-order valence-electron chi connectivity index (χ1n) is 3.91. The van der Waals surface area contributed by atoms with E-state index in [9.17, 15) is 4.79 Å². The lowest BCUT2D eigenvalue weighted by Gasteiger charge is -2.11. The molecule has 0 saturated carbocycles. The number of hydrogen-bond donors (Lipinski definition) is 2. The average molecular weight is 168 g/mol. The molecule has 1 aliphatic rings. The van der Waals surface area contributed by atoms with Gasteiger partial charge in [0.2, 0.25) is 5.91 Å². The molecule has 1 amide bonds. The number of carbonyl (C=O) groups excluding carboxylic acids is 1. The van der Waals surface area contributed by atoms with Gasteiger partial charge in [-0.15, -0.1) is 0 Å². The number of hydrogen-bond acceptors (Lipinski definition) is 3. The highest BCUT2D eigenvalue weighted by Gasteiger charge is 2.14. The van der Waals surface area contributed by atoms with Crippen LogP contribution < -0.4 is 5.32 Å². The standard InChI is InChI=1S/C8H12N2O2/c11-5-4-10-8(12)7-2-1-3-9-6-7/h1,3,6-7,11H,2,4-5H2,(H,10,12). The van der Waals surface area contributed by atoms with Gasteiger partial charge in [0.1, 0.15) is 0 Å². The van der Waals surface area contributed by atoms with Crippen LogP contribution in [0.1, 0.15) is 6.42 Å². The van der Waals surface area contributed by atoms with E-state index in [0.29, 0.717) is 13.0 Å². The van der Waals surface area contributed by atoms with Crippen molar-refractivity contribution in [1.29, 1.82) is 0 Å². The Kier molecular flexibility index (Phi) is 3.47. The third kappa shape index (κ3) is 2.47. The number of amides is 1. The highest BCUT2D eigenvalue weighted by atomic mass is 16.3. The molecule has 12 heavy (non-hydrogen) atoms. The number of rotatable bonds is 3. The fourth-order valence-corrected chi connectivity index (χ4v) is 0.968. The monoisotopic (exact) mass is 168 g/mol. The van der Waals surface area contributed by atoms with Crippen LogP contribution in [-0.4, -0.2) is 30.4 Å². The fraction of sp³-hybridized carbons (Fsp3) is 0.500. The van der Waals surface area contributed by atoms with Crippen LogP contribution >= 0.6 is 0 Å². The number of nitrogens with zero attached hydrogens (tertiary/aromatic N) is 1. The van der Waals surface area contributed by atoms with Gasteiger partial charge in [-0.1, -0.05) is 6.08 Å². The predicted octanol–water partition coefficient (Wildman–Crippen LogP) is -0.301. The Bertz CT molecular complexity index is 211. The van der Waals surface area contributed by atoms with E-state index in [1.54, 1.807) is 12.4 Å². The van der Waals surface area contributed by atoms with Crippen LogP contribution in [0.4, 0.5) is 0 Å². The summed E-state index contributed by atoms with van der Waals surface area (Å²) in [4.78, 5) is 15.1. The zero-order chi connectivity index (χ0) is 8.81. The number of carbonyl (C=O) groups is 1. The molecule has 4 heteroatoms. The quantitative estimate of drug-likeness (QED) is 0.607. The second-order valence-electron chi connectivity index (χ2n) is 2.54. The molecule has 0 aromatic heterocycles. The van der Waals surface area contributed by atoms with Crippen LogP contribution in [0.3, 0.4) is 0 Å². The topological polar surface area (TPSA) is 61.7 Å². The highest BCUT2D eigenvalue weighted by Crippen LogP contribution is 2.05. The van der Waals surface area contributed by atoms with Crippen LogP contribution in [0.25, 0.3) is 0 Å². The molecule has 0 aromatic rings. The largest absolute Gasteiger partial charge is 0.395 e. The Morgan fingerprint density at radius 2 is 2.58 bits per heavy atom. The summed E-state index contributed by atoms with van der Waals surface area (Å²) in [5, 5.41) is 11.0. The Morgan fingerprint density at radius 1 is 1.75 bits per heavy atom. The third-order valence-electron chi connectivity index (χ3n) is 1.60. The molecular formula is C8H12N2O2. The average Bonchev–Trinajstić information content (AvgIpc) is 2.15. The number of aliphatic hydroxyl groups excluding tert-OH is 1. The van der Waals surface area contributed by atoms with Crippen molar-refractivity contribution in [3.05, 3.63) is 12.3 Å². The van der Waals surface area contributed by atoms with E-state index in [1.807, 2.05) is 6.08 Å². The van der Waals surface area contributed by atoms with Crippen molar-refractivity contribution in [3.8, 4) is 0 Å². The van der Waals surface area contributed by atoms with Gasteiger partial charge in [0.25, 0.3) is 0 Å². The third-order valence-corrected chi connectivity index (χ3v) is 1.60. The molecule has 0 spiro atoms. The van der Waals surface area contributed by atoms with E-state index in [-0.39, 0.29) is 18.4 Å². The van der Waals surface area contributed by atoms with Crippen molar-refractivity contribution < 1.29 is 9.90 Å². The summed E-state index contributed by atoms with van der Waals surface area (Å²) >= 11 is 0. The Balaban J connectivity index is 2.32. The van der Waals surface area contributed by atoms with E-state index in [2.05, 4.69) is 10.3 Å². The van der Waals surface area contributed by atoms with E-state index in [0.717, 1.165) is 0 Å². The number of aliphatic hydroxyl groups is 1. The molecule has 0 fully saturated rings. The molecule has 1 rings (SSSR count). The first-order chi connectivity index (χ1) is 5.84. The molecule has 1 unspecified atom stereocenters. The molecule has 1 aliphatic heterocycles. The van der Waals surface area contributed by atoms with E-state index < -0.39 is 0 Å². The van der Waals surface area contributed by atoms with Gasteiger partial charge in [-0.25, -0.2) is 0 Å². The lowest BCUT2D eigenvalue weighted by Crippen LogP contribution is -2.33. The van der Waals surface area contributed by atoms with Gasteiger partial charge in [0, 0.05) is 19.0 Å². The number of aliphatic imine (C=N–C) groups is 1. The molecule has 0 saturated heterocycles. The summed E-state index contributed by atoms with van der Waals surface area (Å²) in [6, 6.07) is 0. The molecule has 0 aliphatic carbocycles. The summed E-state index contributed by atoms with van der Waals surface area (Å²) in [5.41, 5.74) is 0. The van der Waals surface area contributed by atoms with Gasteiger partial charge in [-0.2, -0.15) is 0 Å². The maximum absolute atomic E-state index is 11.2. The van der Waals surface area contributed by atoms with Crippen molar-refractivity contribution >= 4 is 12.1 Å². The molecule has 1 heterocycles. The molecule has 1 atom stereocenters. The maximum atomic E-state index is 11.2. The summed E-state index contributed by atoms with van der Waals surface area (Å²) in [7, 11) is 0. The molecule has 2 N–H and O–H groups in total. The minimum absolute atomic E-state index is 0.0224. The van der Waals surface area contributed by atoms with Crippen LogP contribution in [0.2, 0.25) is 0 Å². The van der Waals surface area contributed by atoms with Crippen LogP contribution in [0.5, 0.6) is 0 Å². The van der Waals surface area contributed by atoms with Crippen molar-refractivity contribution in [2.24, 2.45) is 10.9 Å². The first-order valence-corrected chi connectivity index (χ1v) is 3.91. The lowest BCUT2D eigenvalue weighted by atomic mass is 10.1. The van der Waals surface area contributed by atoms with Crippen LogP contribution in [-0.2, 0) is 4.79 Å². The summed E-state index contributed by atoms with van der Waals surface area (Å²) in [6.07, 6.45) is 5.84. The minimum Gasteiger partial charge on any atom is -0.395 e. The Hall–Kier alpha value is -1.16. The zero-order valence-electron chi connectivity index (χ0n) is 6.73. The number of nitrogens with one attached hydrogen (secondary N) is 1. The minimum atomic E-state index is -0.165. The summed E-state index contributed by atoms with van der Waals surface area (Å²) in [6.45, 7) is 0.290. The van der Waals surface area contributed by atoms with Gasteiger partial charge in [-0.05, 0) is 6.42 Å². The molecule has 66 valence electrons. The SMILES string of the molecule is O=C(NCCO)C1C=NC=CC1. The second kappa shape index (κ2) is 4.66. The summed E-state index contributed by atoms with van der Waals surface area (Å²) in [5.74, 6) is -0.237.